The zero-order valence-corrected chi connectivity index (χ0v) is 14.1. The summed E-state index contributed by atoms with van der Waals surface area (Å²) < 4.78 is 0.842. The summed E-state index contributed by atoms with van der Waals surface area (Å²) in [4.78, 5) is 10.0. The lowest BCUT2D eigenvalue weighted by atomic mass is 9.90. The fourth-order valence-corrected chi connectivity index (χ4v) is 4.86. The molecule has 1 atom stereocenters. The summed E-state index contributed by atoms with van der Waals surface area (Å²) in [5, 5.41) is 14.0. The topological polar surface area (TPSA) is 46.0 Å². The molecule has 2 heterocycles. The highest BCUT2D eigenvalue weighted by Crippen LogP contribution is 2.43. The maximum absolute atomic E-state index is 11.1. The quantitative estimate of drug-likeness (QED) is 0.726. The molecular formula is C15H11BrN2OS2. The molecule has 0 unspecified atom stereocenters. The highest BCUT2D eigenvalue weighted by molar-refractivity contribution is 9.10. The van der Waals surface area contributed by atoms with Crippen LogP contribution in [0.25, 0.3) is 10.6 Å². The van der Waals surface area contributed by atoms with E-state index in [-0.39, 0.29) is 0 Å². The van der Waals surface area contributed by atoms with Gasteiger partial charge in [-0.1, -0.05) is 18.2 Å². The minimum Gasteiger partial charge on any atom is -0.379 e. The average molecular weight is 379 g/mol. The third-order valence-corrected chi connectivity index (χ3v) is 6.30. The van der Waals surface area contributed by atoms with Gasteiger partial charge >= 0.3 is 0 Å². The second kappa shape index (κ2) is 4.98. The third-order valence-electron chi connectivity index (χ3n) is 3.81. The largest absolute Gasteiger partial charge is 0.379 e. The van der Waals surface area contributed by atoms with Crippen molar-refractivity contribution in [1.29, 1.82) is 0 Å². The van der Waals surface area contributed by atoms with Gasteiger partial charge in [0.25, 0.3) is 0 Å². The maximum Gasteiger partial charge on any atom is 0.133 e. The van der Waals surface area contributed by atoms with Gasteiger partial charge in [-0.2, -0.15) is 0 Å². The van der Waals surface area contributed by atoms with E-state index in [1.165, 1.54) is 4.88 Å². The van der Waals surface area contributed by atoms with Crippen molar-refractivity contribution in [3.63, 3.8) is 0 Å². The molecule has 1 N–H and O–H groups in total. The Kier molecular flexibility index (Phi) is 3.22. The molecule has 0 amide bonds. The van der Waals surface area contributed by atoms with E-state index in [2.05, 4.69) is 25.9 Å². The van der Waals surface area contributed by atoms with Gasteiger partial charge in [0, 0.05) is 15.8 Å². The SMILES string of the molecule is O[C@@]1(c2cccc(-c3nc(Br)cs3)c2)CCc2scnc21. The second-order valence-electron chi connectivity index (χ2n) is 5.04. The zero-order chi connectivity index (χ0) is 14.4. The summed E-state index contributed by atoms with van der Waals surface area (Å²) in [6, 6.07) is 8.00. The first-order valence-electron chi connectivity index (χ1n) is 6.54. The molecule has 0 saturated heterocycles. The maximum atomic E-state index is 11.1. The fraction of sp³-hybridized carbons (Fsp3) is 0.200. The van der Waals surface area contributed by atoms with Crippen LogP contribution in [0.3, 0.4) is 0 Å². The molecule has 0 radical (unpaired) electrons. The molecule has 0 aliphatic heterocycles. The number of halogens is 1. The van der Waals surface area contributed by atoms with E-state index in [4.69, 9.17) is 0 Å². The number of aromatic nitrogens is 2. The number of thiazole rings is 2. The number of benzene rings is 1. The van der Waals surface area contributed by atoms with Gasteiger partial charge in [-0.25, -0.2) is 9.97 Å². The summed E-state index contributed by atoms with van der Waals surface area (Å²) in [5.74, 6) is 0. The van der Waals surface area contributed by atoms with Gasteiger partial charge in [-0.15, -0.1) is 22.7 Å². The summed E-state index contributed by atoms with van der Waals surface area (Å²) in [6.07, 6.45) is 1.59. The number of aryl methyl sites for hydroxylation is 1. The van der Waals surface area contributed by atoms with E-state index >= 15 is 0 Å². The first kappa shape index (κ1) is 13.6. The van der Waals surface area contributed by atoms with Crippen molar-refractivity contribution in [2.75, 3.05) is 0 Å². The molecule has 0 saturated carbocycles. The van der Waals surface area contributed by atoms with E-state index in [0.29, 0.717) is 6.42 Å². The van der Waals surface area contributed by atoms with Crippen molar-refractivity contribution in [1.82, 2.24) is 9.97 Å². The number of fused-ring (bicyclic) bond motifs is 1. The number of hydrogen-bond donors (Lipinski definition) is 1. The minimum atomic E-state index is -0.958. The van der Waals surface area contributed by atoms with Crippen LogP contribution >= 0.6 is 38.6 Å². The minimum absolute atomic E-state index is 0.701. The van der Waals surface area contributed by atoms with Crippen molar-refractivity contribution >= 4 is 38.6 Å². The van der Waals surface area contributed by atoms with Crippen LogP contribution in [0.15, 0.2) is 39.8 Å². The van der Waals surface area contributed by atoms with Crippen molar-refractivity contribution in [2.45, 2.75) is 18.4 Å². The Labute approximate surface area is 138 Å². The van der Waals surface area contributed by atoms with Crippen LogP contribution in [0.1, 0.15) is 22.6 Å². The highest BCUT2D eigenvalue weighted by atomic mass is 79.9. The van der Waals surface area contributed by atoms with Crippen molar-refractivity contribution < 1.29 is 5.11 Å². The molecular weight excluding hydrogens is 368 g/mol. The van der Waals surface area contributed by atoms with Crippen molar-refractivity contribution in [3.05, 3.63) is 55.9 Å². The third kappa shape index (κ3) is 2.17. The molecule has 1 aliphatic carbocycles. The molecule has 1 aliphatic rings. The van der Waals surface area contributed by atoms with Crippen LogP contribution in [0.2, 0.25) is 0 Å². The fourth-order valence-electron chi connectivity index (χ4n) is 2.78. The predicted octanol–water partition coefficient (Wildman–Crippen LogP) is 4.21. The molecule has 2 aromatic heterocycles. The van der Waals surface area contributed by atoms with E-state index < -0.39 is 5.60 Å². The summed E-state index contributed by atoms with van der Waals surface area (Å²) in [5.41, 5.74) is 3.61. The van der Waals surface area contributed by atoms with Crippen LogP contribution in [-0.4, -0.2) is 15.1 Å². The lowest BCUT2D eigenvalue weighted by Gasteiger charge is -2.23. The summed E-state index contributed by atoms with van der Waals surface area (Å²) in [6.45, 7) is 0. The number of hydrogen-bond acceptors (Lipinski definition) is 5. The van der Waals surface area contributed by atoms with Gasteiger partial charge < -0.3 is 5.11 Å². The smallest absolute Gasteiger partial charge is 0.133 e. The molecule has 6 heteroatoms. The summed E-state index contributed by atoms with van der Waals surface area (Å²) >= 11 is 6.59. The van der Waals surface area contributed by atoms with Gasteiger partial charge in [-0.3, -0.25) is 0 Å². The highest BCUT2D eigenvalue weighted by Gasteiger charge is 2.40. The molecule has 0 fully saturated rings. The molecule has 106 valence electrons. The number of nitrogens with zero attached hydrogens (tertiary/aromatic N) is 2. The Morgan fingerprint density at radius 1 is 1.29 bits per heavy atom. The lowest BCUT2D eigenvalue weighted by Crippen LogP contribution is -2.24. The van der Waals surface area contributed by atoms with Gasteiger partial charge in [0.15, 0.2) is 0 Å². The Morgan fingerprint density at radius 2 is 2.19 bits per heavy atom. The molecule has 3 nitrogen and oxygen atoms in total. The Bertz CT molecular complexity index is 813. The van der Waals surface area contributed by atoms with Crippen molar-refractivity contribution in [3.8, 4) is 10.6 Å². The standard InChI is InChI=1S/C15H11BrN2OS2/c16-12-7-20-14(18-12)9-2-1-3-10(6-9)15(19)5-4-11-13(15)17-8-21-11/h1-3,6-8,19H,4-5H2/t15-/m1/s1. The second-order valence-corrected chi connectivity index (χ2v) is 7.65. The van der Waals surface area contributed by atoms with Crippen LogP contribution in [0, 0.1) is 0 Å². The van der Waals surface area contributed by atoms with Crippen LogP contribution < -0.4 is 0 Å². The number of rotatable bonds is 2. The van der Waals surface area contributed by atoms with Crippen LogP contribution in [0.5, 0.6) is 0 Å². The van der Waals surface area contributed by atoms with Gasteiger partial charge in [0.2, 0.25) is 0 Å². The van der Waals surface area contributed by atoms with Crippen molar-refractivity contribution in [2.24, 2.45) is 0 Å². The lowest BCUT2D eigenvalue weighted by molar-refractivity contribution is 0.0790. The molecule has 1 aromatic carbocycles. The number of aliphatic hydroxyl groups is 1. The molecule has 4 rings (SSSR count). The van der Waals surface area contributed by atoms with E-state index in [0.717, 1.165) is 32.9 Å². The normalized spacial score (nSPS) is 20.7. The van der Waals surface area contributed by atoms with E-state index in [9.17, 15) is 5.11 Å². The Balaban J connectivity index is 1.80. The monoisotopic (exact) mass is 378 g/mol. The Hall–Kier alpha value is -1.08. The van der Waals surface area contributed by atoms with Crippen LogP contribution in [0.4, 0.5) is 0 Å². The predicted molar refractivity (Wildman–Crippen MR) is 88.7 cm³/mol. The van der Waals surface area contributed by atoms with Gasteiger partial charge in [-0.05, 0) is 40.4 Å². The van der Waals surface area contributed by atoms with Gasteiger partial charge in [0.1, 0.15) is 15.2 Å². The average Bonchev–Trinajstić information content (AvgIpc) is 3.18. The Morgan fingerprint density at radius 3 is 3.00 bits per heavy atom. The molecule has 0 bridgehead atoms. The first-order valence-corrected chi connectivity index (χ1v) is 9.09. The first-order chi connectivity index (χ1) is 10.2. The zero-order valence-electron chi connectivity index (χ0n) is 10.9. The van der Waals surface area contributed by atoms with E-state index in [1.807, 2.05) is 35.2 Å². The molecule has 3 aromatic rings. The van der Waals surface area contributed by atoms with Gasteiger partial charge in [0.05, 0.1) is 11.2 Å². The van der Waals surface area contributed by atoms with E-state index in [1.54, 1.807) is 22.7 Å². The van der Waals surface area contributed by atoms with Crippen LogP contribution in [-0.2, 0) is 12.0 Å². The summed E-state index contributed by atoms with van der Waals surface area (Å²) in [7, 11) is 0. The molecule has 0 spiro atoms. The molecule has 21 heavy (non-hydrogen) atoms.